The number of piperazine rings is 1. The van der Waals surface area contributed by atoms with E-state index in [-0.39, 0.29) is 17.3 Å². The molecule has 0 saturated carbocycles. The third-order valence-corrected chi connectivity index (χ3v) is 5.97. The van der Waals surface area contributed by atoms with Crippen molar-refractivity contribution in [2.24, 2.45) is 4.99 Å². The van der Waals surface area contributed by atoms with Crippen LogP contribution in [-0.4, -0.2) is 66.3 Å². The summed E-state index contributed by atoms with van der Waals surface area (Å²) < 4.78 is 0. The number of ketones is 2. The number of carbonyl (C=O) groups excluding carboxylic acids is 2. The average Bonchev–Trinajstić information content (AvgIpc) is 2.70. The zero-order valence-corrected chi connectivity index (χ0v) is 16.9. The zero-order chi connectivity index (χ0) is 19.8. The van der Waals surface area contributed by atoms with Crippen LogP contribution in [0.15, 0.2) is 47.5 Å². The largest absolute Gasteiger partial charge is 0.304 e. The number of hydrogen-bond acceptors (Lipinski definition) is 5. The van der Waals surface area contributed by atoms with Gasteiger partial charge in [0.25, 0.3) is 0 Å². The minimum absolute atomic E-state index is 0.0847. The molecule has 2 aliphatic rings. The Bertz CT molecular complexity index is 981. The van der Waals surface area contributed by atoms with Crippen LogP contribution < -0.4 is 0 Å². The Kier molecular flexibility index (Phi) is 5.34. The molecule has 0 aromatic heterocycles. The lowest BCUT2D eigenvalue weighted by Crippen LogP contribution is -2.57. The zero-order valence-electron chi connectivity index (χ0n) is 15.4. The second kappa shape index (κ2) is 7.76. The Morgan fingerprint density at radius 2 is 1.61 bits per heavy atom. The van der Waals surface area contributed by atoms with Crippen LogP contribution in [0, 0.1) is 0 Å². The highest BCUT2D eigenvalue weighted by molar-refractivity contribution is 6.55. The van der Waals surface area contributed by atoms with Crippen LogP contribution in [-0.2, 0) is 0 Å². The first-order valence-electron chi connectivity index (χ1n) is 9.10. The normalized spacial score (nSPS) is 22.5. The van der Waals surface area contributed by atoms with E-state index in [2.05, 4.69) is 9.89 Å². The van der Waals surface area contributed by atoms with Gasteiger partial charge >= 0.3 is 0 Å². The van der Waals surface area contributed by atoms with Gasteiger partial charge in [-0.15, -0.1) is 0 Å². The molecular weight excluding hydrogens is 397 g/mol. The number of halogens is 2. The first-order valence-corrected chi connectivity index (χ1v) is 9.85. The number of Topliss-reactive ketones (excluding diaryl/α,β-unsaturated/α-hetero) is 2. The van der Waals surface area contributed by atoms with Crippen molar-refractivity contribution >= 4 is 46.2 Å². The van der Waals surface area contributed by atoms with E-state index in [9.17, 15) is 9.59 Å². The van der Waals surface area contributed by atoms with E-state index >= 15 is 0 Å². The molecule has 2 aromatic rings. The molecule has 2 aromatic carbocycles. The quantitative estimate of drug-likeness (QED) is 0.748. The lowest BCUT2D eigenvalue weighted by molar-refractivity contribution is 0.0778. The predicted octanol–water partition coefficient (Wildman–Crippen LogP) is 3.76. The van der Waals surface area contributed by atoms with Gasteiger partial charge in [0.1, 0.15) is 11.8 Å². The molecule has 0 amide bonds. The number of likely N-dealkylation sites (N-methyl/N-ethyl adjacent to an activating group) is 1. The molecule has 1 unspecified atom stereocenters. The standard InChI is InChI=1S/C21H19Cl2N3O2/c1-25-8-10-26(11-9-25)19-18(24-13-6-7-16(22)17(23)12-13)20(27)14-4-2-3-5-15(14)21(19)28/h2-7,12,19H,8-11H2,1H3. The molecule has 1 fully saturated rings. The molecular formula is C21H19Cl2N3O2. The van der Waals surface area contributed by atoms with Gasteiger partial charge in [-0.3, -0.25) is 14.5 Å². The van der Waals surface area contributed by atoms with Gasteiger partial charge in [-0.05, 0) is 25.2 Å². The predicted molar refractivity (Wildman–Crippen MR) is 112 cm³/mol. The van der Waals surface area contributed by atoms with Gasteiger partial charge in [0.15, 0.2) is 5.78 Å². The van der Waals surface area contributed by atoms with Gasteiger partial charge in [-0.25, -0.2) is 4.99 Å². The number of rotatable bonds is 2. The van der Waals surface area contributed by atoms with Crippen molar-refractivity contribution in [2.75, 3.05) is 33.2 Å². The molecule has 1 atom stereocenters. The molecule has 1 heterocycles. The molecule has 5 nitrogen and oxygen atoms in total. The van der Waals surface area contributed by atoms with Crippen LogP contribution in [0.25, 0.3) is 0 Å². The minimum atomic E-state index is -0.689. The number of aliphatic imine (C=N–C) groups is 1. The fourth-order valence-electron chi connectivity index (χ4n) is 3.65. The third-order valence-electron chi connectivity index (χ3n) is 5.23. The smallest absolute Gasteiger partial charge is 0.210 e. The lowest BCUT2D eigenvalue weighted by Gasteiger charge is -2.39. The third kappa shape index (κ3) is 3.51. The molecule has 0 spiro atoms. The Labute approximate surface area is 173 Å². The van der Waals surface area contributed by atoms with Crippen LogP contribution >= 0.6 is 23.2 Å². The molecule has 1 aliphatic heterocycles. The van der Waals surface area contributed by atoms with Crippen molar-refractivity contribution in [3.63, 3.8) is 0 Å². The van der Waals surface area contributed by atoms with Crippen LogP contribution in [0.1, 0.15) is 20.7 Å². The molecule has 7 heteroatoms. The summed E-state index contributed by atoms with van der Waals surface area (Å²) in [4.78, 5) is 35.4. The van der Waals surface area contributed by atoms with Crippen molar-refractivity contribution in [3.05, 3.63) is 63.6 Å². The van der Waals surface area contributed by atoms with Gasteiger partial charge in [0, 0.05) is 37.3 Å². The highest BCUT2D eigenvalue weighted by Gasteiger charge is 2.42. The SMILES string of the molecule is CN1CCN(C2C(=O)c3ccccc3C(=O)C2=Nc2ccc(Cl)c(Cl)c2)CC1. The maximum atomic E-state index is 13.3. The highest BCUT2D eigenvalue weighted by atomic mass is 35.5. The molecule has 0 N–H and O–H groups in total. The van der Waals surface area contributed by atoms with Crippen LogP contribution in [0.3, 0.4) is 0 Å². The lowest BCUT2D eigenvalue weighted by atomic mass is 9.83. The summed E-state index contributed by atoms with van der Waals surface area (Å²) >= 11 is 12.1. The van der Waals surface area contributed by atoms with E-state index in [4.69, 9.17) is 23.2 Å². The van der Waals surface area contributed by atoms with Crippen molar-refractivity contribution in [3.8, 4) is 0 Å². The van der Waals surface area contributed by atoms with E-state index < -0.39 is 6.04 Å². The van der Waals surface area contributed by atoms with Crippen LogP contribution in [0.5, 0.6) is 0 Å². The molecule has 28 heavy (non-hydrogen) atoms. The molecule has 1 aliphatic carbocycles. The number of fused-ring (bicyclic) bond motifs is 1. The molecule has 4 rings (SSSR count). The topological polar surface area (TPSA) is 53.0 Å². The number of benzene rings is 2. The Morgan fingerprint density at radius 3 is 2.29 bits per heavy atom. The second-order valence-electron chi connectivity index (χ2n) is 7.08. The average molecular weight is 416 g/mol. The van der Waals surface area contributed by atoms with E-state index in [1.165, 1.54) is 0 Å². The first kappa shape index (κ1) is 19.3. The van der Waals surface area contributed by atoms with Crippen LogP contribution in [0.4, 0.5) is 5.69 Å². The summed E-state index contributed by atoms with van der Waals surface area (Å²) in [6, 6.07) is 11.2. The monoisotopic (exact) mass is 415 g/mol. The van der Waals surface area contributed by atoms with Gasteiger partial charge in [-0.2, -0.15) is 0 Å². The fraction of sp³-hybridized carbons (Fsp3) is 0.286. The summed E-state index contributed by atoms with van der Waals surface area (Å²) in [6.07, 6.45) is 0. The van der Waals surface area contributed by atoms with Gasteiger partial charge in [0.2, 0.25) is 5.78 Å². The molecule has 0 bridgehead atoms. The van der Waals surface area contributed by atoms with E-state index in [0.717, 1.165) is 13.1 Å². The molecule has 144 valence electrons. The maximum Gasteiger partial charge on any atom is 0.210 e. The fourth-order valence-corrected chi connectivity index (χ4v) is 3.95. The first-order chi connectivity index (χ1) is 13.5. The Hall–Kier alpha value is -2.05. The van der Waals surface area contributed by atoms with Crippen LogP contribution in [0.2, 0.25) is 10.0 Å². The number of hydrogen-bond donors (Lipinski definition) is 0. The second-order valence-corrected chi connectivity index (χ2v) is 7.89. The van der Waals surface area contributed by atoms with E-state index in [1.54, 1.807) is 42.5 Å². The summed E-state index contributed by atoms with van der Waals surface area (Å²) in [6.45, 7) is 3.06. The summed E-state index contributed by atoms with van der Waals surface area (Å²) in [5.74, 6) is -0.302. The van der Waals surface area contributed by atoms with E-state index in [1.807, 2.05) is 11.9 Å². The van der Waals surface area contributed by atoms with Crippen molar-refractivity contribution < 1.29 is 9.59 Å². The van der Waals surface area contributed by atoms with Gasteiger partial charge < -0.3 is 4.90 Å². The van der Waals surface area contributed by atoms with Crippen molar-refractivity contribution in [2.45, 2.75) is 6.04 Å². The number of nitrogens with zero attached hydrogens (tertiary/aromatic N) is 3. The highest BCUT2D eigenvalue weighted by Crippen LogP contribution is 2.30. The van der Waals surface area contributed by atoms with E-state index in [0.29, 0.717) is 39.9 Å². The maximum absolute atomic E-state index is 13.3. The summed E-state index contributed by atoms with van der Waals surface area (Å²) in [7, 11) is 2.05. The number of carbonyl (C=O) groups is 2. The Balaban J connectivity index is 1.82. The van der Waals surface area contributed by atoms with Gasteiger partial charge in [0.05, 0.1) is 15.7 Å². The van der Waals surface area contributed by atoms with Crippen molar-refractivity contribution in [1.82, 2.24) is 9.80 Å². The molecule has 1 saturated heterocycles. The van der Waals surface area contributed by atoms with Crippen molar-refractivity contribution in [1.29, 1.82) is 0 Å². The molecule has 0 radical (unpaired) electrons. The van der Waals surface area contributed by atoms with Gasteiger partial charge in [-0.1, -0.05) is 47.5 Å². The summed E-state index contributed by atoms with van der Waals surface area (Å²) in [5.41, 5.74) is 1.61. The summed E-state index contributed by atoms with van der Waals surface area (Å²) in [5, 5.41) is 0.771. The Morgan fingerprint density at radius 1 is 0.929 bits per heavy atom. The minimum Gasteiger partial charge on any atom is -0.304 e.